The highest BCUT2D eigenvalue weighted by Gasteiger charge is 2.24. The molecule has 3 N–H and O–H groups in total. The molecule has 1 aromatic carbocycles. The Morgan fingerprint density at radius 3 is 3.05 bits per heavy atom. The summed E-state index contributed by atoms with van der Waals surface area (Å²) in [5, 5.41) is 0.376. The van der Waals surface area contributed by atoms with Crippen molar-refractivity contribution in [3.05, 3.63) is 30.0 Å². The number of aromatic nitrogens is 1. The van der Waals surface area contributed by atoms with Crippen molar-refractivity contribution < 1.29 is 21.6 Å². The molecule has 0 spiro atoms. The summed E-state index contributed by atoms with van der Waals surface area (Å²) in [6.45, 7) is 0.832. The summed E-state index contributed by atoms with van der Waals surface area (Å²) in [7, 11) is -2.84. The van der Waals surface area contributed by atoms with Crippen LogP contribution in [-0.4, -0.2) is 39.3 Å². The Balaban J connectivity index is 2.12. The summed E-state index contributed by atoms with van der Waals surface area (Å²) in [5.74, 6) is -0.0170. The molecule has 0 amide bonds. The van der Waals surface area contributed by atoms with Crippen LogP contribution in [0.1, 0.15) is 21.1 Å². The molecule has 1 aliphatic heterocycles. The smallest absolute Gasteiger partial charge is 0.404 e. The standard InChI is InChI=1S/C14H19N2O4P/c1-16-7-3-4-11(16)8-10-9-15-12-5-2-6-13(14(10)12)20-21(17,18)19/h2,5-6,9,11,15H,3-4,7-8H2,1H3,(H2,17,18,19)/t11-/m0/s1/i8D2. The number of benzene rings is 1. The van der Waals surface area contributed by atoms with Crippen molar-refractivity contribution in [1.82, 2.24) is 9.88 Å². The second-order valence-corrected chi connectivity index (χ2v) is 6.41. The molecule has 6 nitrogen and oxygen atoms in total. The lowest BCUT2D eigenvalue weighted by Crippen LogP contribution is -2.26. The van der Waals surface area contributed by atoms with Gasteiger partial charge in [-0.25, -0.2) is 4.57 Å². The largest absolute Gasteiger partial charge is 0.524 e. The Hall–Kier alpha value is -1.33. The summed E-state index contributed by atoms with van der Waals surface area (Å²) in [6.07, 6.45) is 1.55. The van der Waals surface area contributed by atoms with Gasteiger partial charge in [-0.2, -0.15) is 0 Å². The van der Waals surface area contributed by atoms with E-state index in [1.807, 2.05) is 11.9 Å². The van der Waals surface area contributed by atoms with Gasteiger partial charge in [-0.15, -0.1) is 0 Å². The predicted molar refractivity (Wildman–Crippen MR) is 80.3 cm³/mol. The van der Waals surface area contributed by atoms with E-state index in [9.17, 15) is 4.57 Å². The van der Waals surface area contributed by atoms with Gasteiger partial charge in [0.05, 0.1) is 0 Å². The van der Waals surface area contributed by atoms with E-state index in [-0.39, 0.29) is 11.8 Å². The molecule has 0 unspecified atom stereocenters. The topological polar surface area (TPSA) is 85.8 Å². The quantitative estimate of drug-likeness (QED) is 0.754. The summed E-state index contributed by atoms with van der Waals surface area (Å²) in [4.78, 5) is 23.1. The van der Waals surface area contributed by atoms with Crippen molar-refractivity contribution in [3.63, 3.8) is 0 Å². The van der Waals surface area contributed by atoms with Crippen LogP contribution < -0.4 is 4.52 Å². The molecular weight excluding hydrogens is 291 g/mol. The van der Waals surface area contributed by atoms with Gasteiger partial charge in [0.15, 0.2) is 0 Å². The van der Waals surface area contributed by atoms with E-state index in [2.05, 4.69) is 4.98 Å². The lowest BCUT2D eigenvalue weighted by atomic mass is 10.0. The van der Waals surface area contributed by atoms with E-state index in [1.54, 1.807) is 18.3 Å². The lowest BCUT2D eigenvalue weighted by molar-refractivity contribution is 0.284. The molecule has 1 saturated heterocycles. The fourth-order valence-corrected chi connectivity index (χ4v) is 3.15. The van der Waals surface area contributed by atoms with E-state index < -0.39 is 14.2 Å². The second kappa shape index (κ2) is 5.46. The molecule has 2 heterocycles. The number of hydrogen-bond acceptors (Lipinski definition) is 3. The minimum atomic E-state index is -4.72. The molecular formula is C14H19N2O4P. The van der Waals surface area contributed by atoms with Crippen LogP contribution in [0.25, 0.3) is 10.9 Å². The van der Waals surface area contributed by atoms with Crippen molar-refractivity contribution in [2.24, 2.45) is 0 Å². The Labute approximate surface area is 125 Å². The molecule has 1 atom stereocenters. The summed E-state index contributed by atoms with van der Waals surface area (Å²) in [5.41, 5.74) is 0.936. The summed E-state index contributed by atoms with van der Waals surface area (Å²) in [6, 6.07) is 4.47. The first-order valence-electron chi connectivity index (χ1n) is 7.76. The van der Waals surface area contributed by atoms with Gasteiger partial charge in [-0.05, 0) is 50.5 Å². The van der Waals surface area contributed by atoms with E-state index in [0.29, 0.717) is 16.5 Å². The van der Waals surface area contributed by atoms with Crippen LogP contribution in [0, 0.1) is 0 Å². The van der Waals surface area contributed by atoms with Crippen LogP contribution >= 0.6 is 7.82 Å². The number of likely N-dealkylation sites (tertiary alicyclic amines) is 1. The maximum absolute atomic E-state index is 11.2. The van der Waals surface area contributed by atoms with Gasteiger partial charge in [-0.1, -0.05) is 6.07 Å². The Bertz CT molecular complexity index is 773. The van der Waals surface area contributed by atoms with Crippen LogP contribution in [0.2, 0.25) is 0 Å². The molecule has 0 radical (unpaired) electrons. The molecule has 0 aliphatic carbocycles. The van der Waals surface area contributed by atoms with E-state index >= 15 is 0 Å². The maximum Gasteiger partial charge on any atom is 0.524 e. The number of rotatable bonds is 4. The van der Waals surface area contributed by atoms with Crippen molar-refractivity contribution in [2.45, 2.75) is 25.3 Å². The van der Waals surface area contributed by atoms with Crippen LogP contribution in [0.5, 0.6) is 5.75 Å². The molecule has 0 bridgehead atoms. The Morgan fingerprint density at radius 1 is 1.57 bits per heavy atom. The zero-order valence-electron chi connectivity index (χ0n) is 13.6. The van der Waals surface area contributed by atoms with Crippen LogP contribution in [0.15, 0.2) is 24.4 Å². The molecule has 1 fully saturated rings. The number of fused-ring (bicyclic) bond motifs is 1. The number of hydrogen-bond donors (Lipinski definition) is 3. The van der Waals surface area contributed by atoms with Gasteiger partial charge < -0.3 is 14.4 Å². The van der Waals surface area contributed by atoms with Gasteiger partial charge in [0.2, 0.25) is 0 Å². The first-order valence-corrected chi connectivity index (χ1v) is 8.29. The summed E-state index contributed by atoms with van der Waals surface area (Å²) < 4.78 is 33.1. The third-order valence-corrected chi connectivity index (χ3v) is 4.16. The summed E-state index contributed by atoms with van der Waals surface area (Å²) >= 11 is 0. The van der Waals surface area contributed by atoms with Crippen LogP contribution in [-0.2, 0) is 10.9 Å². The average molecular weight is 312 g/mol. The third-order valence-electron chi connectivity index (χ3n) is 3.73. The minimum absolute atomic E-state index is 0.0170. The lowest BCUT2D eigenvalue weighted by Gasteiger charge is -2.19. The van der Waals surface area contributed by atoms with Gasteiger partial charge in [0.25, 0.3) is 0 Å². The van der Waals surface area contributed by atoms with E-state index in [4.69, 9.17) is 17.1 Å². The van der Waals surface area contributed by atoms with Gasteiger partial charge in [0, 0.05) is 25.9 Å². The number of likely N-dealkylation sites (N-methyl/N-ethyl adjacent to an activating group) is 1. The SMILES string of the molecule is [2H]C([2H])(c1c[nH]c2cccc(OP(=O)(O)O)c12)[C@@H]1CCCN1C. The highest BCUT2D eigenvalue weighted by Crippen LogP contribution is 2.42. The number of nitrogens with one attached hydrogen (secondary N) is 1. The molecule has 3 rings (SSSR count). The van der Waals surface area contributed by atoms with E-state index in [1.165, 1.54) is 6.07 Å². The predicted octanol–water partition coefficient (Wildman–Crippen LogP) is 2.28. The first-order chi connectivity index (χ1) is 10.7. The normalized spacial score (nSPS) is 22.3. The monoisotopic (exact) mass is 312 g/mol. The third kappa shape index (κ3) is 3.14. The zero-order chi connectivity index (χ0) is 16.8. The van der Waals surface area contributed by atoms with E-state index in [0.717, 1.165) is 19.4 Å². The van der Waals surface area contributed by atoms with Crippen LogP contribution in [0.4, 0.5) is 0 Å². The van der Waals surface area contributed by atoms with Crippen molar-refractivity contribution in [1.29, 1.82) is 0 Å². The number of phosphoric ester groups is 1. The molecule has 114 valence electrons. The average Bonchev–Trinajstić information content (AvgIpc) is 3.04. The number of H-pyrrole nitrogens is 1. The number of nitrogens with zero attached hydrogens (tertiary/aromatic N) is 1. The highest BCUT2D eigenvalue weighted by molar-refractivity contribution is 7.46. The minimum Gasteiger partial charge on any atom is -0.404 e. The van der Waals surface area contributed by atoms with Gasteiger partial charge in [-0.3, -0.25) is 9.79 Å². The molecule has 2 aromatic rings. The van der Waals surface area contributed by atoms with Crippen molar-refractivity contribution in [2.75, 3.05) is 13.6 Å². The Kier molecular flexibility index (Phi) is 3.18. The fraction of sp³-hybridized carbons (Fsp3) is 0.429. The van der Waals surface area contributed by atoms with Gasteiger partial charge in [0.1, 0.15) is 5.75 Å². The van der Waals surface area contributed by atoms with Crippen LogP contribution in [0.3, 0.4) is 0 Å². The molecule has 0 saturated carbocycles. The fourth-order valence-electron chi connectivity index (χ4n) is 2.74. The second-order valence-electron chi connectivity index (χ2n) is 5.25. The molecule has 7 heteroatoms. The molecule has 1 aliphatic rings. The zero-order valence-corrected chi connectivity index (χ0v) is 12.5. The van der Waals surface area contributed by atoms with Gasteiger partial charge >= 0.3 is 7.82 Å². The first kappa shape index (κ1) is 12.2. The van der Waals surface area contributed by atoms with Crippen molar-refractivity contribution >= 4 is 18.7 Å². The number of aromatic amines is 1. The highest BCUT2D eigenvalue weighted by atomic mass is 31.2. The maximum atomic E-state index is 11.2. The molecule has 1 aromatic heterocycles. The van der Waals surface area contributed by atoms with Crippen molar-refractivity contribution in [3.8, 4) is 5.75 Å². The Morgan fingerprint density at radius 2 is 2.38 bits per heavy atom. The number of phosphoric acid groups is 1. The molecule has 21 heavy (non-hydrogen) atoms.